The van der Waals surface area contributed by atoms with Crippen LogP contribution in [0.1, 0.15) is 12.8 Å². The van der Waals surface area contributed by atoms with Crippen molar-refractivity contribution in [1.82, 2.24) is 20.2 Å². The molecule has 6 heteroatoms. The number of piperidine rings is 3. The molecule has 3 fully saturated rings. The highest BCUT2D eigenvalue weighted by Crippen LogP contribution is 2.39. The number of anilines is 1. The van der Waals surface area contributed by atoms with E-state index in [1.54, 1.807) is 6.20 Å². The number of fused-ring (bicyclic) bond motifs is 3. The molecule has 1 spiro atoms. The molecule has 23 heavy (non-hydrogen) atoms. The molecule has 0 saturated carbocycles. The first-order valence-electron chi connectivity index (χ1n) is 8.36. The van der Waals surface area contributed by atoms with Crippen molar-refractivity contribution in [2.24, 2.45) is 10.9 Å². The van der Waals surface area contributed by atoms with E-state index in [4.69, 9.17) is 4.99 Å². The van der Waals surface area contributed by atoms with E-state index in [2.05, 4.69) is 25.5 Å². The van der Waals surface area contributed by atoms with E-state index in [-0.39, 0.29) is 5.54 Å². The third-order valence-corrected chi connectivity index (χ3v) is 5.44. The molecule has 6 rings (SSSR count). The van der Waals surface area contributed by atoms with Gasteiger partial charge in [0.15, 0.2) is 11.8 Å². The minimum absolute atomic E-state index is 0.0586. The highest BCUT2D eigenvalue weighted by Gasteiger charge is 2.49. The molecular formula is C17H20N6. The molecule has 1 aromatic heterocycles. The van der Waals surface area contributed by atoms with Crippen molar-refractivity contribution in [3.05, 3.63) is 30.5 Å². The molecule has 6 nitrogen and oxygen atoms in total. The van der Waals surface area contributed by atoms with Crippen LogP contribution in [-0.2, 0) is 0 Å². The number of nitrogens with zero attached hydrogens (tertiary/aromatic N) is 4. The van der Waals surface area contributed by atoms with Crippen LogP contribution in [0.5, 0.6) is 0 Å². The SMILES string of the molecule is c1ccc2nc(NC3=NC4(CN3)CN3CCC4CC3)cnc2c1. The van der Waals surface area contributed by atoms with Crippen molar-refractivity contribution in [2.75, 3.05) is 31.5 Å². The summed E-state index contributed by atoms with van der Waals surface area (Å²) in [5.74, 6) is 2.29. The fourth-order valence-corrected chi connectivity index (χ4v) is 4.22. The Morgan fingerprint density at radius 2 is 2.00 bits per heavy atom. The van der Waals surface area contributed by atoms with Crippen molar-refractivity contribution >= 4 is 22.8 Å². The van der Waals surface area contributed by atoms with Crippen LogP contribution in [0.25, 0.3) is 11.0 Å². The normalized spacial score (nSPS) is 32.1. The van der Waals surface area contributed by atoms with E-state index in [9.17, 15) is 0 Å². The number of benzene rings is 1. The number of hydrogen-bond donors (Lipinski definition) is 2. The topological polar surface area (TPSA) is 65.4 Å². The monoisotopic (exact) mass is 308 g/mol. The van der Waals surface area contributed by atoms with Gasteiger partial charge in [-0.05, 0) is 44.0 Å². The number of aliphatic imine (C=N–C) groups is 1. The molecule has 1 aromatic carbocycles. The maximum Gasteiger partial charge on any atom is 0.197 e. The Kier molecular flexibility index (Phi) is 2.82. The molecule has 4 aliphatic rings. The summed E-state index contributed by atoms with van der Waals surface area (Å²) in [4.78, 5) is 16.6. The summed E-state index contributed by atoms with van der Waals surface area (Å²) in [7, 11) is 0. The molecular weight excluding hydrogens is 288 g/mol. The molecule has 1 atom stereocenters. The largest absolute Gasteiger partial charge is 0.354 e. The van der Waals surface area contributed by atoms with Gasteiger partial charge in [0.25, 0.3) is 0 Å². The first-order chi connectivity index (χ1) is 11.3. The first kappa shape index (κ1) is 13.2. The fourth-order valence-electron chi connectivity index (χ4n) is 4.22. The van der Waals surface area contributed by atoms with Crippen LogP contribution in [0, 0.1) is 5.92 Å². The van der Waals surface area contributed by atoms with Crippen LogP contribution in [0.4, 0.5) is 5.82 Å². The van der Waals surface area contributed by atoms with Gasteiger partial charge in [-0.3, -0.25) is 4.98 Å². The number of nitrogens with one attached hydrogen (secondary N) is 2. The summed E-state index contributed by atoms with van der Waals surface area (Å²) in [5, 5.41) is 6.75. The lowest BCUT2D eigenvalue weighted by molar-refractivity contribution is 0.0374. The van der Waals surface area contributed by atoms with E-state index in [0.29, 0.717) is 5.92 Å². The van der Waals surface area contributed by atoms with Crippen LogP contribution >= 0.6 is 0 Å². The van der Waals surface area contributed by atoms with Crippen LogP contribution in [-0.4, -0.2) is 52.5 Å². The quantitative estimate of drug-likeness (QED) is 0.835. The Morgan fingerprint density at radius 1 is 1.17 bits per heavy atom. The molecule has 3 saturated heterocycles. The van der Waals surface area contributed by atoms with E-state index in [1.165, 1.54) is 25.9 Å². The van der Waals surface area contributed by atoms with Gasteiger partial charge < -0.3 is 15.5 Å². The summed E-state index contributed by atoms with van der Waals surface area (Å²) in [5.41, 5.74) is 1.87. The minimum Gasteiger partial charge on any atom is -0.354 e. The summed E-state index contributed by atoms with van der Waals surface area (Å²) in [6.07, 6.45) is 4.32. The summed E-state index contributed by atoms with van der Waals surface area (Å²) >= 11 is 0. The molecule has 0 aliphatic carbocycles. The van der Waals surface area contributed by atoms with Gasteiger partial charge in [0.1, 0.15) is 0 Å². The predicted molar refractivity (Wildman–Crippen MR) is 90.5 cm³/mol. The molecule has 4 aliphatic heterocycles. The number of guanidine groups is 1. The van der Waals surface area contributed by atoms with E-state index in [0.717, 1.165) is 35.9 Å². The zero-order valence-corrected chi connectivity index (χ0v) is 13.0. The minimum atomic E-state index is 0.0586. The Bertz CT molecular complexity index is 780. The second kappa shape index (κ2) is 4.89. The van der Waals surface area contributed by atoms with Crippen LogP contribution in [0.2, 0.25) is 0 Å². The van der Waals surface area contributed by atoms with Crippen molar-refractivity contribution < 1.29 is 0 Å². The Morgan fingerprint density at radius 3 is 2.78 bits per heavy atom. The summed E-state index contributed by atoms with van der Waals surface area (Å²) in [6, 6.07) is 7.91. The Balaban J connectivity index is 1.41. The third-order valence-electron chi connectivity index (χ3n) is 5.44. The van der Waals surface area contributed by atoms with Gasteiger partial charge in [-0.1, -0.05) is 12.1 Å². The van der Waals surface area contributed by atoms with Crippen molar-refractivity contribution in [1.29, 1.82) is 0 Å². The molecule has 2 bridgehead atoms. The second-order valence-corrected chi connectivity index (χ2v) is 6.84. The molecule has 2 N–H and O–H groups in total. The Hall–Kier alpha value is -2.21. The first-order valence-corrected chi connectivity index (χ1v) is 8.36. The smallest absolute Gasteiger partial charge is 0.197 e. The zero-order valence-electron chi connectivity index (χ0n) is 13.0. The maximum atomic E-state index is 5.02. The van der Waals surface area contributed by atoms with Crippen LogP contribution in [0.3, 0.4) is 0 Å². The lowest BCUT2D eigenvalue weighted by atomic mass is 9.73. The van der Waals surface area contributed by atoms with Crippen molar-refractivity contribution in [2.45, 2.75) is 18.4 Å². The second-order valence-electron chi connectivity index (χ2n) is 6.84. The average Bonchev–Trinajstić information content (AvgIpc) is 2.98. The van der Waals surface area contributed by atoms with Crippen LogP contribution < -0.4 is 10.6 Å². The number of hydrogen-bond acceptors (Lipinski definition) is 6. The third kappa shape index (κ3) is 2.16. The van der Waals surface area contributed by atoms with Crippen molar-refractivity contribution in [3.8, 4) is 0 Å². The molecule has 0 amide bonds. The molecule has 0 radical (unpaired) electrons. The van der Waals surface area contributed by atoms with E-state index >= 15 is 0 Å². The molecule has 2 aromatic rings. The van der Waals surface area contributed by atoms with Gasteiger partial charge in [-0.25, -0.2) is 9.98 Å². The lowest BCUT2D eigenvalue weighted by Gasteiger charge is -2.49. The van der Waals surface area contributed by atoms with Gasteiger partial charge in [0.05, 0.1) is 22.8 Å². The van der Waals surface area contributed by atoms with E-state index < -0.39 is 0 Å². The van der Waals surface area contributed by atoms with Gasteiger partial charge >= 0.3 is 0 Å². The molecule has 118 valence electrons. The van der Waals surface area contributed by atoms with Crippen LogP contribution in [0.15, 0.2) is 35.5 Å². The fraction of sp³-hybridized carbons (Fsp3) is 0.471. The van der Waals surface area contributed by atoms with Gasteiger partial charge in [-0.2, -0.15) is 0 Å². The Labute approximate surface area is 135 Å². The number of aromatic nitrogens is 2. The molecule has 1 unspecified atom stereocenters. The van der Waals surface area contributed by atoms with E-state index in [1.807, 2.05) is 24.3 Å². The average molecular weight is 308 g/mol. The van der Waals surface area contributed by atoms with Gasteiger partial charge in [0, 0.05) is 13.1 Å². The summed E-state index contributed by atoms with van der Waals surface area (Å²) in [6.45, 7) is 4.48. The molecule has 5 heterocycles. The highest BCUT2D eigenvalue weighted by atomic mass is 15.3. The summed E-state index contributed by atoms with van der Waals surface area (Å²) < 4.78 is 0. The number of para-hydroxylation sites is 2. The highest BCUT2D eigenvalue weighted by molar-refractivity contribution is 5.95. The maximum absolute atomic E-state index is 5.02. The number of rotatable bonds is 1. The van der Waals surface area contributed by atoms with Crippen molar-refractivity contribution in [3.63, 3.8) is 0 Å². The predicted octanol–water partition coefficient (Wildman–Crippen LogP) is 1.47. The zero-order chi connectivity index (χ0) is 15.3. The van der Waals surface area contributed by atoms with Gasteiger partial charge in [0.2, 0.25) is 0 Å². The van der Waals surface area contributed by atoms with Gasteiger partial charge in [-0.15, -0.1) is 0 Å². The standard InChI is InChI=1S/C17H20N6/c1-2-4-14-13(3-1)18-9-15(20-14)21-16-19-10-17(22-16)11-23-7-5-12(17)6-8-23/h1-4,9,12H,5-8,10-11H2,(H2,19,20,21,22). The lowest BCUT2D eigenvalue weighted by Crippen LogP contribution is -2.59.